The number of amides is 1. The van der Waals surface area contributed by atoms with Crippen LogP contribution < -0.4 is 5.32 Å². The van der Waals surface area contributed by atoms with Crippen LogP contribution >= 0.6 is 0 Å². The first-order valence-corrected chi connectivity index (χ1v) is 8.37. The molecular formula is C17H22F3N3O2. The van der Waals surface area contributed by atoms with E-state index < -0.39 is 17.5 Å². The number of nitrogens with zero attached hydrogens (tertiary/aromatic N) is 2. The molecule has 3 heterocycles. The van der Waals surface area contributed by atoms with Crippen LogP contribution in [0, 0.1) is 0 Å². The van der Waals surface area contributed by atoms with Gasteiger partial charge in [-0.25, -0.2) is 9.78 Å². The lowest BCUT2D eigenvalue weighted by molar-refractivity contribution is -0.141. The third-order valence-electron chi connectivity index (χ3n) is 4.51. The molecule has 0 aliphatic carbocycles. The summed E-state index contributed by atoms with van der Waals surface area (Å²) in [7, 11) is 0. The van der Waals surface area contributed by atoms with Gasteiger partial charge in [0.25, 0.3) is 0 Å². The lowest BCUT2D eigenvalue weighted by atomic mass is 9.95. The molecule has 0 saturated carbocycles. The number of carbonyl (C=O) groups excluding carboxylic acids is 1. The maximum atomic E-state index is 12.8. The van der Waals surface area contributed by atoms with E-state index >= 15 is 0 Å². The van der Waals surface area contributed by atoms with E-state index in [-0.39, 0.29) is 30.0 Å². The second kappa shape index (κ2) is 6.07. The second-order valence-corrected chi connectivity index (χ2v) is 7.58. The summed E-state index contributed by atoms with van der Waals surface area (Å²) in [4.78, 5) is 17.8. The van der Waals surface area contributed by atoms with E-state index in [9.17, 15) is 18.0 Å². The van der Waals surface area contributed by atoms with Gasteiger partial charge < -0.3 is 15.0 Å². The molecule has 2 saturated heterocycles. The standard InChI is InChI=1S/C17H22F3N3O2/c1-16(2,3)25-15(24)23-10-7-8-12(23)11(9-10)21-14-6-4-5-13(22-14)17(18,19)20/h4-6,10-12H,7-9H2,1-3H3,(H,21,22). The van der Waals surface area contributed by atoms with Gasteiger partial charge in [-0.2, -0.15) is 13.2 Å². The van der Waals surface area contributed by atoms with Crippen LogP contribution in [0.3, 0.4) is 0 Å². The van der Waals surface area contributed by atoms with E-state index in [4.69, 9.17) is 4.74 Å². The predicted octanol–water partition coefficient (Wildman–Crippen LogP) is 4.05. The monoisotopic (exact) mass is 357 g/mol. The Morgan fingerprint density at radius 3 is 2.64 bits per heavy atom. The number of carbonyl (C=O) groups is 1. The average Bonchev–Trinajstić information content (AvgIpc) is 3.02. The molecule has 2 fully saturated rings. The Kier molecular flexibility index (Phi) is 4.33. The number of aromatic nitrogens is 1. The second-order valence-electron chi connectivity index (χ2n) is 7.58. The van der Waals surface area contributed by atoms with Crippen LogP contribution in [-0.2, 0) is 10.9 Å². The normalized spacial score (nSPS) is 26.0. The molecule has 5 nitrogen and oxygen atoms in total. The first-order valence-electron chi connectivity index (χ1n) is 8.37. The number of anilines is 1. The van der Waals surface area contributed by atoms with Gasteiger partial charge in [0.2, 0.25) is 0 Å². The molecule has 1 aromatic rings. The maximum absolute atomic E-state index is 12.8. The zero-order chi connectivity index (χ0) is 18.4. The highest BCUT2D eigenvalue weighted by Crippen LogP contribution is 2.40. The SMILES string of the molecule is CC(C)(C)OC(=O)N1C2CCC1C(Nc1cccc(C(F)(F)F)n1)C2. The number of ether oxygens (including phenoxy) is 1. The summed E-state index contributed by atoms with van der Waals surface area (Å²) in [5, 5.41) is 3.07. The zero-order valence-electron chi connectivity index (χ0n) is 14.4. The van der Waals surface area contributed by atoms with Crippen LogP contribution in [0.2, 0.25) is 0 Å². The van der Waals surface area contributed by atoms with Crippen LogP contribution in [0.4, 0.5) is 23.8 Å². The molecule has 2 aliphatic rings. The van der Waals surface area contributed by atoms with Crippen LogP contribution in [0.15, 0.2) is 18.2 Å². The summed E-state index contributed by atoms with van der Waals surface area (Å²) in [6, 6.07) is 3.64. The van der Waals surface area contributed by atoms with Crippen LogP contribution in [0.25, 0.3) is 0 Å². The molecule has 0 aromatic carbocycles. The number of alkyl halides is 3. The minimum atomic E-state index is -4.48. The summed E-state index contributed by atoms with van der Waals surface area (Å²) >= 11 is 0. The van der Waals surface area contributed by atoms with Crippen molar-refractivity contribution in [3.05, 3.63) is 23.9 Å². The molecule has 3 unspecified atom stereocenters. The third-order valence-corrected chi connectivity index (χ3v) is 4.51. The highest BCUT2D eigenvalue weighted by atomic mass is 19.4. The third kappa shape index (κ3) is 3.82. The number of pyridine rings is 1. The summed E-state index contributed by atoms with van der Waals surface area (Å²) in [5.74, 6) is 0.177. The summed E-state index contributed by atoms with van der Waals surface area (Å²) in [6.07, 6.45) is -2.46. The van der Waals surface area contributed by atoms with Crippen molar-refractivity contribution in [1.29, 1.82) is 0 Å². The minimum Gasteiger partial charge on any atom is -0.444 e. The van der Waals surface area contributed by atoms with E-state index in [2.05, 4.69) is 10.3 Å². The minimum absolute atomic E-state index is 0.0585. The van der Waals surface area contributed by atoms with E-state index in [1.54, 1.807) is 4.90 Å². The van der Waals surface area contributed by atoms with Crippen molar-refractivity contribution in [3.63, 3.8) is 0 Å². The van der Waals surface area contributed by atoms with E-state index in [0.717, 1.165) is 18.9 Å². The first-order chi connectivity index (χ1) is 11.5. The number of nitrogens with one attached hydrogen (secondary N) is 1. The lowest BCUT2D eigenvalue weighted by Crippen LogP contribution is -2.42. The van der Waals surface area contributed by atoms with Crippen molar-refractivity contribution >= 4 is 11.9 Å². The molecule has 1 amide bonds. The summed E-state index contributed by atoms with van der Waals surface area (Å²) in [5.41, 5.74) is -1.50. The molecule has 3 rings (SSSR count). The topological polar surface area (TPSA) is 54.5 Å². The highest BCUT2D eigenvalue weighted by Gasteiger charge is 2.50. The van der Waals surface area contributed by atoms with Crippen molar-refractivity contribution in [2.45, 2.75) is 69.9 Å². The van der Waals surface area contributed by atoms with Gasteiger partial charge in [0.15, 0.2) is 0 Å². The molecule has 1 N–H and O–H groups in total. The summed E-state index contributed by atoms with van der Waals surface area (Å²) < 4.78 is 43.9. The molecular weight excluding hydrogens is 335 g/mol. The Hall–Kier alpha value is -1.99. The fraction of sp³-hybridized carbons (Fsp3) is 0.647. The highest BCUT2D eigenvalue weighted by molar-refractivity contribution is 5.70. The lowest BCUT2D eigenvalue weighted by Gasteiger charge is -2.28. The van der Waals surface area contributed by atoms with Crippen LogP contribution in [-0.4, -0.2) is 39.7 Å². The number of halogens is 3. The number of hydrogen-bond acceptors (Lipinski definition) is 4. The maximum Gasteiger partial charge on any atom is 0.433 e. The first kappa shape index (κ1) is 17.8. The Morgan fingerprint density at radius 1 is 1.28 bits per heavy atom. The Labute approximate surface area is 144 Å². The van der Waals surface area contributed by atoms with Crippen molar-refractivity contribution in [2.24, 2.45) is 0 Å². The van der Waals surface area contributed by atoms with E-state index in [1.807, 2.05) is 20.8 Å². The van der Waals surface area contributed by atoms with Gasteiger partial charge in [0, 0.05) is 6.04 Å². The van der Waals surface area contributed by atoms with Gasteiger partial charge in [-0.1, -0.05) is 6.07 Å². The van der Waals surface area contributed by atoms with E-state index in [0.29, 0.717) is 6.42 Å². The molecule has 1 aromatic heterocycles. The van der Waals surface area contributed by atoms with Gasteiger partial charge in [-0.05, 0) is 52.2 Å². The van der Waals surface area contributed by atoms with Gasteiger partial charge >= 0.3 is 12.3 Å². The Balaban J connectivity index is 1.71. The molecule has 25 heavy (non-hydrogen) atoms. The van der Waals surface area contributed by atoms with Gasteiger partial charge in [-0.3, -0.25) is 0 Å². The fourth-order valence-electron chi connectivity index (χ4n) is 3.61. The van der Waals surface area contributed by atoms with Crippen molar-refractivity contribution in [2.75, 3.05) is 5.32 Å². The molecule has 2 bridgehead atoms. The van der Waals surface area contributed by atoms with Crippen molar-refractivity contribution < 1.29 is 22.7 Å². The molecule has 138 valence electrons. The molecule has 2 aliphatic heterocycles. The Bertz CT molecular complexity index is 657. The largest absolute Gasteiger partial charge is 0.444 e. The molecule has 3 atom stereocenters. The Morgan fingerprint density at radius 2 is 2.00 bits per heavy atom. The predicted molar refractivity (Wildman–Crippen MR) is 86.1 cm³/mol. The molecule has 8 heteroatoms. The van der Waals surface area contributed by atoms with Crippen molar-refractivity contribution in [1.82, 2.24) is 9.88 Å². The van der Waals surface area contributed by atoms with Gasteiger partial charge in [0.1, 0.15) is 17.1 Å². The fourth-order valence-corrected chi connectivity index (χ4v) is 3.61. The average molecular weight is 357 g/mol. The zero-order valence-corrected chi connectivity index (χ0v) is 14.4. The van der Waals surface area contributed by atoms with E-state index in [1.165, 1.54) is 12.1 Å². The number of fused-ring (bicyclic) bond motifs is 2. The molecule has 0 radical (unpaired) electrons. The smallest absolute Gasteiger partial charge is 0.433 e. The van der Waals surface area contributed by atoms with Gasteiger partial charge in [0.05, 0.1) is 12.1 Å². The number of rotatable bonds is 2. The molecule has 0 spiro atoms. The number of hydrogen-bond donors (Lipinski definition) is 1. The van der Waals surface area contributed by atoms with Gasteiger partial charge in [-0.15, -0.1) is 0 Å². The van der Waals surface area contributed by atoms with Crippen molar-refractivity contribution in [3.8, 4) is 0 Å². The van der Waals surface area contributed by atoms with Crippen LogP contribution in [0.1, 0.15) is 45.7 Å². The van der Waals surface area contributed by atoms with Crippen LogP contribution in [0.5, 0.6) is 0 Å². The summed E-state index contributed by atoms with van der Waals surface area (Å²) in [6.45, 7) is 5.43. The quantitative estimate of drug-likeness (QED) is 0.867.